The number of hydrogen-bond acceptors (Lipinski definition) is 4. The number of anilines is 1. The van der Waals surface area contributed by atoms with Crippen molar-refractivity contribution in [3.05, 3.63) is 23.9 Å². The Bertz CT molecular complexity index is 545. The fraction of sp³-hybridized carbons (Fsp3) is 0.667. The molecule has 2 N–H and O–H groups in total. The summed E-state index contributed by atoms with van der Waals surface area (Å²) in [6.45, 7) is 3.03. The zero-order valence-electron chi connectivity index (χ0n) is 15.2. The van der Waals surface area contributed by atoms with Crippen LogP contribution in [-0.2, 0) is 6.54 Å². The van der Waals surface area contributed by atoms with Gasteiger partial charge in [0.15, 0.2) is 5.96 Å². The second kappa shape index (κ2) is 10.4. The number of pyridine rings is 1. The molecule has 25 heavy (non-hydrogen) atoms. The first-order valence-electron chi connectivity index (χ1n) is 8.98. The molecule has 0 amide bonds. The molecule has 2 unspecified atom stereocenters. The minimum atomic E-state index is 0. The number of aromatic nitrogens is 1. The van der Waals surface area contributed by atoms with Gasteiger partial charge in [0, 0.05) is 44.2 Å². The predicted octanol–water partition coefficient (Wildman–Crippen LogP) is 3.25. The molecule has 2 fully saturated rings. The van der Waals surface area contributed by atoms with E-state index < -0.39 is 0 Å². The van der Waals surface area contributed by atoms with Crippen LogP contribution in [0.4, 0.5) is 5.82 Å². The number of thioether (sulfide) groups is 1. The van der Waals surface area contributed by atoms with Crippen molar-refractivity contribution in [2.75, 3.05) is 31.3 Å². The molecule has 1 aliphatic carbocycles. The van der Waals surface area contributed by atoms with Crippen LogP contribution in [0.15, 0.2) is 23.3 Å². The lowest BCUT2D eigenvalue weighted by atomic mass is 10.2. The zero-order valence-corrected chi connectivity index (χ0v) is 18.3. The highest BCUT2D eigenvalue weighted by Crippen LogP contribution is 2.28. The molecule has 0 spiro atoms. The molecule has 1 saturated carbocycles. The molecular formula is C18H30IN5S. The smallest absolute Gasteiger partial charge is 0.191 e. The Labute approximate surface area is 172 Å². The summed E-state index contributed by atoms with van der Waals surface area (Å²) in [4.78, 5) is 11.3. The van der Waals surface area contributed by atoms with Gasteiger partial charge in [-0.05, 0) is 50.0 Å². The number of nitrogens with zero attached hydrogens (tertiary/aromatic N) is 3. The van der Waals surface area contributed by atoms with Crippen molar-refractivity contribution >= 4 is 47.5 Å². The summed E-state index contributed by atoms with van der Waals surface area (Å²) in [5.74, 6) is 2.00. The third-order valence-electron chi connectivity index (χ3n) is 4.98. The monoisotopic (exact) mass is 475 g/mol. The number of rotatable bonds is 5. The van der Waals surface area contributed by atoms with Gasteiger partial charge in [0.1, 0.15) is 5.82 Å². The van der Waals surface area contributed by atoms with Gasteiger partial charge >= 0.3 is 0 Å². The predicted molar refractivity (Wildman–Crippen MR) is 119 cm³/mol. The summed E-state index contributed by atoms with van der Waals surface area (Å²) < 4.78 is 0. The molecule has 0 bridgehead atoms. The highest BCUT2D eigenvalue weighted by molar-refractivity contribution is 14.0. The van der Waals surface area contributed by atoms with Gasteiger partial charge in [0.05, 0.1) is 0 Å². The maximum Gasteiger partial charge on any atom is 0.191 e. The fourth-order valence-electron chi connectivity index (χ4n) is 3.51. The lowest BCUT2D eigenvalue weighted by Crippen LogP contribution is -2.42. The molecule has 2 heterocycles. The Hall–Kier alpha value is -0.700. The number of aliphatic imine (C=N–C) groups is 1. The highest BCUT2D eigenvalue weighted by Gasteiger charge is 2.24. The van der Waals surface area contributed by atoms with E-state index in [4.69, 9.17) is 0 Å². The maximum atomic E-state index is 4.61. The molecule has 3 rings (SSSR count). The van der Waals surface area contributed by atoms with E-state index in [1.807, 2.05) is 25.0 Å². The molecule has 140 valence electrons. The first-order valence-corrected chi connectivity index (χ1v) is 10.3. The van der Waals surface area contributed by atoms with Crippen molar-refractivity contribution < 1.29 is 0 Å². The van der Waals surface area contributed by atoms with Crippen LogP contribution in [0.5, 0.6) is 0 Å². The number of guanidine groups is 1. The minimum Gasteiger partial charge on any atom is -0.357 e. The van der Waals surface area contributed by atoms with E-state index in [0.29, 0.717) is 6.04 Å². The van der Waals surface area contributed by atoms with Crippen LogP contribution in [0, 0.1) is 0 Å². The fourth-order valence-corrected chi connectivity index (χ4v) is 4.31. The molecule has 0 radical (unpaired) electrons. The van der Waals surface area contributed by atoms with E-state index in [0.717, 1.165) is 36.7 Å². The molecule has 2 atom stereocenters. The summed E-state index contributed by atoms with van der Waals surface area (Å²) in [7, 11) is 1.84. The number of nitrogens with one attached hydrogen (secondary N) is 2. The topological polar surface area (TPSA) is 52.6 Å². The van der Waals surface area contributed by atoms with Crippen molar-refractivity contribution in [2.45, 2.75) is 49.9 Å². The Kier molecular flexibility index (Phi) is 8.61. The summed E-state index contributed by atoms with van der Waals surface area (Å²) in [6.07, 6.45) is 10.5. The van der Waals surface area contributed by atoms with Crippen LogP contribution >= 0.6 is 35.7 Å². The molecular weight excluding hydrogens is 445 g/mol. The first kappa shape index (κ1) is 20.6. The van der Waals surface area contributed by atoms with Gasteiger partial charge in [-0.2, -0.15) is 11.8 Å². The second-order valence-corrected chi connectivity index (χ2v) is 7.79. The zero-order chi connectivity index (χ0) is 16.8. The average molecular weight is 475 g/mol. The molecule has 5 nitrogen and oxygen atoms in total. The van der Waals surface area contributed by atoms with Gasteiger partial charge < -0.3 is 15.5 Å². The Morgan fingerprint density at radius 1 is 1.32 bits per heavy atom. The molecule has 7 heteroatoms. The van der Waals surface area contributed by atoms with Crippen LogP contribution in [0.2, 0.25) is 0 Å². The number of halogens is 1. The van der Waals surface area contributed by atoms with Gasteiger partial charge in [-0.3, -0.25) is 4.99 Å². The Balaban J connectivity index is 0.00000225. The third kappa shape index (κ3) is 5.91. The standard InChI is InChI=1S/C18H29N5S.HI/c1-19-18(22-15-6-7-16(11-15)24-2)21-13-14-5-8-17(20-12-14)23-9-3-4-10-23;/h5,8,12,15-16H,3-4,6-7,9-11,13H2,1-2H3,(H2,19,21,22);1H. The van der Waals surface area contributed by atoms with Crippen LogP contribution in [0.25, 0.3) is 0 Å². The average Bonchev–Trinajstić information content (AvgIpc) is 3.30. The van der Waals surface area contributed by atoms with E-state index in [1.165, 1.54) is 37.7 Å². The summed E-state index contributed by atoms with van der Waals surface area (Å²) in [5, 5.41) is 7.76. The number of hydrogen-bond donors (Lipinski definition) is 2. The van der Waals surface area contributed by atoms with E-state index >= 15 is 0 Å². The molecule has 1 saturated heterocycles. The normalized spacial score (nSPS) is 23.4. The molecule has 1 aromatic rings. The van der Waals surface area contributed by atoms with Crippen LogP contribution < -0.4 is 15.5 Å². The Morgan fingerprint density at radius 3 is 2.72 bits per heavy atom. The minimum absolute atomic E-state index is 0. The van der Waals surface area contributed by atoms with E-state index in [2.05, 4.69) is 43.9 Å². The molecule has 2 aliphatic rings. The van der Waals surface area contributed by atoms with Gasteiger partial charge in [-0.15, -0.1) is 24.0 Å². The highest BCUT2D eigenvalue weighted by atomic mass is 127. The van der Waals surface area contributed by atoms with Crippen LogP contribution in [0.3, 0.4) is 0 Å². The van der Waals surface area contributed by atoms with Gasteiger partial charge in [0.2, 0.25) is 0 Å². The first-order chi connectivity index (χ1) is 11.8. The summed E-state index contributed by atoms with van der Waals surface area (Å²) in [5.41, 5.74) is 1.19. The third-order valence-corrected chi connectivity index (χ3v) is 6.08. The van der Waals surface area contributed by atoms with Crippen molar-refractivity contribution in [3.63, 3.8) is 0 Å². The van der Waals surface area contributed by atoms with Crippen molar-refractivity contribution in [1.29, 1.82) is 0 Å². The van der Waals surface area contributed by atoms with Crippen LogP contribution in [0.1, 0.15) is 37.7 Å². The molecule has 1 aromatic heterocycles. The van der Waals surface area contributed by atoms with Gasteiger partial charge in [-0.1, -0.05) is 6.07 Å². The molecule has 0 aromatic carbocycles. The maximum absolute atomic E-state index is 4.61. The second-order valence-electron chi connectivity index (χ2n) is 6.66. The van der Waals surface area contributed by atoms with E-state index in [1.54, 1.807) is 0 Å². The molecule has 1 aliphatic heterocycles. The van der Waals surface area contributed by atoms with Crippen molar-refractivity contribution in [2.24, 2.45) is 4.99 Å². The van der Waals surface area contributed by atoms with Crippen LogP contribution in [-0.4, -0.2) is 48.6 Å². The summed E-state index contributed by atoms with van der Waals surface area (Å²) >= 11 is 1.98. The van der Waals surface area contributed by atoms with Crippen molar-refractivity contribution in [1.82, 2.24) is 15.6 Å². The largest absolute Gasteiger partial charge is 0.357 e. The SMILES string of the molecule is CN=C(NCc1ccc(N2CCCC2)nc1)NC1CCC(SC)C1.I. The quantitative estimate of drug-likeness (QED) is 0.389. The van der Waals surface area contributed by atoms with E-state index in [9.17, 15) is 0 Å². The lowest BCUT2D eigenvalue weighted by molar-refractivity contribution is 0.614. The van der Waals surface area contributed by atoms with Gasteiger partial charge in [-0.25, -0.2) is 4.98 Å². The van der Waals surface area contributed by atoms with Crippen molar-refractivity contribution in [3.8, 4) is 0 Å². The van der Waals surface area contributed by atoms with Gasteiger partial charge in [0.25, 0.3) is 0 Å². The van der Waals surface area contributed by atoms with E-state index in [-0.39, 0.29) is 24.0 Å². The lowest BCUT2D eigenvalue weighted by Gasteiger charge is -2.18. The Morgan fingerprint density at radius 2 is 2.12 bits per heavy atom. The summed E-state index contributed by atoms with van der Waals surface area (Å²) in [6, 6.07) is 4.85.